The van der Waals surface area contributed by atoms with Gasteiger partial charge in [-0.3, -0.25) is 4.99 Å². The van der Waals surface area contributed by atoms with E-state index in [1.54, 1.807) is 0 Å². The lowest BCUT2D eigenvalue weighted by molar-refractivity contribution is 1.06. The monoisotopic (exact) mass is 725 g/mol. The number of allylic oxidation sites excluding steroid dienone is 4. The maximum Gasteiger partial charge on any atom is 0.157 e. The molecular formula is C53H47N3. The van der Waals surface area contributed by atoms with E-state index in [1.165, 1.54) is 50.1 Å². The SMILES string of the molecule is C/C=C\C(=C(C)C)c1ccc(C(N=C(N)c2ccccc2)=NCc2cccc(-c3ccccc3-c3ccccc3-c3ccccc3-c3ccccc3)c2)cc1C. The Morgan fingerprint density at radius 1 is 0.536 bits per heavy atom. The molecule has 7 aromatic rings. The highest BCUT2D eigenvalue weighted by atomic mass is 15.0. The van der Waals surface area contributed by atoms with Crippen molar-refractivity contribution in [3.8, 4) is 44.5 Å². The number of aryl methyl sites for hydroxylation is 1. The molecule has 7 aromatic carbocycles. The molecule has 0 aliphatic carbocycles. The van der Waals surface area contributed by atoms with Crippen LogP contribution in [0.25, 0.3) is 50.1 Å². The van der Waals surface area contributed by atoms with Gasteiger partial charge >= 0.3 is 0 Å². The number of rotatable bonds is 10. The van der Waals surface area contributed by atoms with Crippen LogP contribution in [0.4, 0.5) is 0 Å². The molecule has 0 aromatic heterocycles. The highest BCUT2D eigenvalue weighted by Gasteiger charge is 2.16. The summed E-state index contributed by atoms with van der Waals surface area (Å²) in [6.45, 7) is 8.94. The topological polar surface area (TPSA) is 50.7 Å². The summed E-state index contributed by atoms with van der Waals surface area (Å²) in [4.78, 5) is 10.1. The van der Waals surface area contributed by atoms with Crippen LogP contribution in [-0.2, 0) is 6.54 Å². The number of hydrogen-bond donors (Lipinski definition) is 1. The van der Waals surface area contributed by atoms with Crippen molar-refractivity contribution in [3.63, 3.8) is 0 Å². The quantitative estimate of drug-likeness (QED) is 0.0852. The fourth-order valence-electron chi connectivity index (χ4n) is 7.29. The maximum atomic E-state index is 6.62. The summed E-state index contributed by atoms with van der Waals surface area (Å²) in [5.41, 5.74) is 23.8. The molecule has 0 saturated heterocycles. The second kappa shape index (κ2) is 17.5. The number of nitrogens with two attached hydrogens (primary N) is 1. The maximum absolute atomic E-state index is 6.62. The molecule has 7 rings (SSSR count). The van der Waals surface area contributed by atoms with Gasteiger partial charge in [0, 0.05) is 11.1 Å². The Morgan fingerprint density at radius 3 is 1.62 bits per heavy atom. The van der Waals surface area contributed by atoms with Crippen LogP contribution in [0.2, 0.25) is 0 Å². The first-order valence-corrected chi connectivity index (χ1v) is 19.2. The van der Waals surface area contributed by atoms with Gasteiger partial charge in [0.1, 0.15) is 5.84 Å². The Labute approximate surface area is 332 Å². The zero-order chi connectivity index (χ0) is 38.9. The second-order valence-electron chi connectivity index (χ2n) is 14.1. The molecule has 0 atom stereocenters. The Hall–Kier alpha value is -6.84. The molecule has 3 heteroatoms. The van der Waals surface area contributed by atoms with E-state index in [-0.39, 0.29) is 0 Å². The number of aliphatic imine (C=N–C) groups is 2. The van der Waals surface area contributed by atoms with E-state index in [1.807, 2.05) is 30.3 Å². The van der Waals surface area contributed by atoms with E-state index in [0.717, 1.165) is 33.4 Å². The predicted molar refractivity (Wildman–Crippen MR) is 240 cm³/mol. The van der Waals surface area contributed by atoms with Gasteiger partial charge in [-0.1, -0.05) is 182 Å². The van der Waals surface area contributed by atoms with Gasteiger partial charge in [-0.25, -0.2) is 4.99 Å². The molecule has 0 saturated carbocycles. The van der Waals surface area contributed by atoms with Crippen LogP contribution in [0.15, 0.2) is 204 Å². The molecule has 0 fully saturated rings. The van der Waals surface area contributed by atoms with Crippen molar-refractivity contribution in [3.05, 3.63) is 221 Å². The number of benzene rings is 7. The average Bonchev–Trinajstić information content (AvgIpc) is 3.25. The number of nitrogens with zero attached hydrogens (tertiary/aromatic N) is 2. The summed E-state index contributed by atoms with van der Waals surface area (Å²) in [6, 6.07) is 61.7. The van der Waals surface area contributed by atoms with Gasteiger partial charge in [0.25, 0.3) is 0 Å². The normalized spacial score (nSPS) is 11.9. The first-order valence-electron chi connectivity index (χ1n) is 19.2. The van der Waals surface area contributed by atoms with Gasteiger partial charge in [0.05, 0.1) is 6.54 Å². The average molecular weight is 726 g/mol. The molecule has 3 nitrogen and oxygen atoms in total. The molecule has 0 radical (unpaired) electrons. The summed E-state index contributed by atoms with van der Waals surface area (Å²) >= 11 is 0. The summed E-state index contributed by atoms with van der Waals surface area (Å²) < 4.78 is 0. The van der Waals surface area contributed by atoms with Gasteiger partial charge in [-0.15, -0.1) is 0 Å². The fourth-order valence-corrected chi connectivity index (χ4v) is 7.29. The van der Waals surface area contributed by atoms with Crippen molar-refractivity contribution in [2.45, 2.75) is 34.2 Å². The van der Waals surface area contributed by atoms with Gasteiger partial charge in [0.2, 0.25) is 0 Å². The van der Waals surface area contributed by atoms with Crippen LogP contribution in [0.5, 0.6) is 0 Å². The van der Waals surface area contributed by atoms with E-state index >= 15 is 0 Å². The Bertz CT molecular complexity index is 2590. The summed E-state index contributed by atoms with van der Waals surface area (Å²) in [7, 11) is 0. The molecule has 0 spiro atoms. The lowest BCUT2D eigenvalue weighted by Crippen LogP contribution is -2.16. The lowest BCUT2D eigenvalue weighted by Gasteiger charge is -2.17. The van der Waals surface area contributed by atoms with Crippen LogP contribution in [-0.4, -0.2) is 11.7 Å². The summed E-state index contributed by atoms with van der Waals surface area (Å²) in [5.74, 6) is 1.03. The van der Waals surface area contributed by atoms with Crippen molar-refractivity contribution in [2.24, 2.45) is 15.7 Å². The Kier molecular flexibility index (Phi) is 11.7. The van der Waals surface area contributed by atoms with E-state index in [2.05, 4.69) is 185 Å². The predicted octanol–water partition coefficient (Wildman–Crippen LogP) is 13.4. The van der Waals surface area contributed by atoms with Crippen molar-refractivity contribution >= 4 is 17.2 Å². The molecule has 0 unspecified atom stereocenters. The molecule has 0 aliphatic heterocycles. The Balaban J connectivity index is 1.27. The summed E-state index contributed by atoms with van der Waals surface area (Å²) in [6.07, 6.45) is 4.26. The van der Waals surface area contributed by atoms with Gasteiger partial charge in [-0.2, -0.15) is 0 Å². The van der Waals surface area contributed by atoms with Gasteiger partial charge in [-0.05, 0) is 107 Å². The van der Waals surface area contributed by atoms with Crippen LogP contribution >= 0.6 is 0 Å². The standard InChI is InChI=1S/C53H47N3/c1-5-19-44(37(2)3)45-33-32-43(34-38(45)4)53(56-52(54)41-23-10-7-11-24-41)55-36-39-20-18-25-42(35-39)47-27-13-15-29-49(47)51-31-17-16-30-50(51)48-28-14-12-26-46(48)40-21-8-6-9-22-40/h5-35H,36H2,1-4H3,(H2,54,55,56)/b19-5-. The van der Waals surface area contributed by atoms with Crippen LogP contribution in [0, 0.1) is 6.92 Å². The van der Waals surface area contributed by atoms with E-state index in [4.69, 9.17) is 15.7 Å². The van der Waals surface area contributed by atoms with E-state index in [0.29, 0.717) is 18.2 Å². The number of hydrogen-bond acceptors (Lipinski definition) is 1. The largest absolute Gasteiger partial charge is 0.383 e. The van der Waals surface area contributed by atoms with Crippen LogP contribution < -0.4 is 5.73 Å². The third-order valence-electron chi connectivity index (χ3n) is 10.0. The molecular weight excluding hydrogens is 679 g/mol. The van der Waals surface area contributed by atoms with Crippen LogP contribution in [0.3, 0.4) is 0 Å². The van der Waals surface area contributed by atoms with E-state index < -0.39 is 0 Å². The van der Waals surface area contributed by atoms with Crippen molar-refractivity contribution < 1.29 is 0 Å². The lowest BCUT2D eigenvalue weighted by atomic mass is 9.86. The zero-order valence-corrected chi connectivity index (χ0v) is 32.6. The molecule has 0 bridgehead atoms. The molecule has 0 heterocycles. The highest BCUT2D eigenvalue weighted by Crippen LogP contribution is 2.41. The molecule has 0 aliphatic rings. The zero-order valence-electron chi connectivity index (χ0n) is 32.6. The third-order valence-corrected chi connectivity index (χ3v) is 10.0. The second-order valence-corrected chi connectivity index (χ2v) is 14.1. The first-order chi connectivity index (χ1) is 27.4. The van der Waals surface area contributed by atoms with Crippen molar-refractivity contribution in [1.29, 1.82) is 0 Å². The van der Waals surface area contributed by atoms with Crippen molar-refractivity contribution in [1.82, 2.24) is 0 Å². The van der Waals surface area contributed by atoms with Crippen LogP contribution in [0.1, 0.15) is 48.6 Å². The number of amidine groups is 2. The van der Waals surface area contributed by atoms with E-state index in [9.17, 15) is 0 Å². The third kappa shape index (κ3) is 8.43. The molecule has 274 valence electrons. The fraction of sp³-hybridized carbons (Fsp3) is 0.0943. The van der Waals surface area contributed by atoms with Gasteiger partial charge < -0.3 is 5.73 Å². The molecule has 2 N–H and O–H groups in total. The minimum Gasteiger partial charge on any atom is -0.383 e. The smallest absolute Gasteiger partial charge is 0.157 e. The highest BCUT2D eigenvalue weighted by molar-refractivity contribution is 6.11. The molecule has 0 amide bonds. The van der Waals surface area contributed by atoms with Gasteiger partial charge in [0.15, 0.2) is 5.84 Å². The minimum atomic E-state index is 0.431. The Morgan fingerprint density at radius 2 is 1.05 bits per heavy atom. The minimum absolute atomic E-state index is 0.431. The first kappa shape index (κ1) is 37.5. The van der Waals surface area contributed by atoms with Crippen molar-refractivity contribution in [2.75, 3.05) is 0 Å². The summed E-state index contributed by atoms with van der Waals surface area (Å²) in [5, 5.41) is 0. The molecule has 56 heavy (non-hydrogen) atoms.